The molecule has 1 amide bonds. The van der Waals surface area contributed by atoms with Gasteiger partial charge in [0.15, 0.2) is 0 Å². The van der Waals surface area contributed by atoms with Crippen LogP contribution in [0.15, 0.2) is 35.9 Å². The van der Waals surface area contributed by atoms with E-state index in [-0.39, 0.29) is 11.6 Å². The summed E-state index contributed by atoms with van der Waals surface area (Å²) in [5.41, 5.74) is -1.99. The van der Waals surface area contributed by atoms with E-state index in [1.807, 2.05) is 18.2 Å². The van der Waals surface area contributed by atoms with E-state index in [1.54, 1.807) is 24.3 Å². The molecule has 4 rings (SSSR count). The molecule has 1 aromatic carbocycles. The standard InChI is InChI=1S/C21H17N5O/c1-12-6-7-13-14(9-22)18(25)20(10-23,11-24)21(16(13)8-12)15-4-2-3-5-17(15)26-19(21)27/h2-5,7,12,14,16,25H,6,8H2,1H3,(H,26,27)/t12-,14?,16+,21+/m0/s1. The van der Waals surface area contributed by atoms with Crippen LogP contribution in [0.2, 0.25) is 0 Å². The quantitative estimate of drug-likeness (QED) is 0.694. The molecule has 1 saturated carbocycles. The molecule has 1 aromatic rings. The van der Waals surface area contributed by atoms with Crippen molar-refractivity contribution in [3.05, 3.63) is 41.5 Å². The van der Waals surface area contributed by atoms with Gasteiger partial charge in [0.2, 0.25) is 11.3 Å². The number of para-hydroxylation sites is 1. The minimum atomic E-state index is -2.02. The number of rotatable bonds is 0. The molecule has 0 radical (unpaired) electrons. The summed E-state index contributed by atoms with van der Waals surface area (Å²) >= 11 is 0. The number of carbonyl (C=O) groups is 1. The third-order valence-corrected chi connectivity index (χ3v) is 6.36. The number of allylic oxidation sites excluding steroid dienone is 2. The Labute approximate surface area is 157 Å². The van der Waals surface area contributed by atoms with E-state index < -0.39 is 28.6 Å². The topological polar surface area (TPSA) is 124 Å². The molecule has 1 heterocycles. The van der Waals surface area contributed by atoms with Crippen molar-refractivity contribution in [3.63, 3.8) is 0 Å². The zero-order valence-corrected chi connectivity index (χ0v) is 14.8. The van der Waals surface area contributed by atoms with Crippen molar-refractivity contribution in [2.45, 2.75) is 25.2 Å². The van der Waals surface area contributed by atoms with Crippen molar-refractivity contribution in [1.82, 2.24) is 0 Å². The monoisotopic (exact) mass is 355 g/mol. The molecule has 1 fully saturated rings. The van der Waals surface area contributed by atoms with Gasteiger partial charge in [-0.2, -0.15) is 15.8 Å². The van der Waals surface area contributed by atoms with Crippen LogP contribution in [-0.2, 0) is 10.2 Å². The largest absolute Gasteiger partial charge is 0.325 e. The van der Waals surface area contributed by atoms with Gasteiger partial charge in [0.25, 0.3) is 0 Å². The molecule has 1 spiro atoms. The number of nitriles is 3. The Morgan fingerprint density at radius 1 is 1.22 bits per heavy atom. The van der Waals surface area contributed by atoms with Crippen LogP contribution < -0.4 is 5.32 Å². The summed E-state index contributed by atoms with van der Waals surface area (Å²) in [7, 11) is 0. The molecule has 2 N–H and O–H groups in total. The molecule has 132 valence electrons. The number of fused-ring (bicyclic) bond motifs is 4. The minimum absolute atomic E-state index is 0.248. The molecule has 6 nitrogen and oxygen atoms in total. The number of hydrogen-bond acceptors (Lipinski definition) is 5. The number of hydrogen-bond donors (Lipinski definition) is 2. The molecule has 1 aliphatic heterocycles. The highest BCUT2D eigenvalue weighted by atomic mass is 16.2. The number of carbonyl (C=O) groups excluding carboxylic acids is 1. The molecule has 0 aromatic heterocycles. The van der Waals surface area contributed by atoms with Crippen molar-refractivity contribution < 1.29 is 4.79 Å². The minimum Gasteiger partial charge on any atom is -0.325 e. The Morgan fingerprint density at radius 3 is 2.59 bits per heavy atom. The van der Waals surface area contributed by atoms with E-state index in [0.717, 1.165) is 6.42 Å². The van der Waals surface area contributed by atoms with Crippen molar-refractivity contribution in [2.24, 2.45) is 23.2 Å². The van der Waals surface area contributed by atoms with Gasteiger partial charge in [0.1, 0.15) is 11.3 Å². The number of amides is 1. The van der Waals surface area contributed by atoms with Crippen LogP contribution in [0.3, 0.4) is 0 Å². The van der Waals surface area contributed by atoms with Gasteiger partial charge >= 0.3 is 0 Å². The van der Waals surface area contributed by atoms with Crippen molar-refractivity contribution >= 4 is 17.3 Å². The molecule has 0 bridgehead atoms. The summed E-state index contributed by atoms with van der Waals surface area (Å²) < 4.78 is 0. The molecule has 1 unspecified atom stereocenters. The molecule has 3 aliphatic rings. The fourth-order valence-corrected chi connectivity index (χ4v) is 5.18. The smallest absolute Gasteiger partial charge is 0.238 e. The van der Waals surface area contributed by atoms with Crippen LogP contribution in [0.25, 0.3) is 0 Å². The van der Waals surface area contributed by atoms with E-state index >= 15 is 0 Å². The first-order valence-corrected chi connectivity index (χ1v) is 8.89. The fourth-order valence-electron chi connectivity index (χ4n) is 5.18. The van der Waals surface area contributed by atoms with Gasteiger partial charge in [-0.25, -0.2) is 0 Å². The third kappa shape index (κ3) is 1.76. The van der Waals surface area contributed by atoms with Crippen LogP contribution in [0, 0.1) is 62.6 Å². The van der Waals surface area contributed by atoms with Crippen LogP contribution >= 0.6 is 0 Å². The first kappa shape index (κ1) is 17.0. The van der Waals surface area contributed by atoms with Crippen LogP contribution in [0.5, 0.6) is 0 Å². The molecule has 6 heteroatoms. The second-order valence-electron chi connectivity index (χ2n) is 7.59. The molecule has 27 heavy (non-hydrogen) atoms. The highest BCUT2D eigenvalue weighted by molar-refractivity contribution is 6.16. The van der Waals surface area contributed by atoms with Gasteiger partial charge < -0.3 is 10.7 Å². The molecule has 4 atom stereocenters. The van der Waals surface area contributed by atoms with E-state index in [1.165, 1.54) is 0 Å². The lowest BCUT2D eigenvalue weighted by molar-refractivity contribution is -0.124. The average Bonchev–Trinajstić information content (AvgIpc) is 2.97. The highest BCUT2D eigenvalue weighted by Crippen LogP contribution is 2.63. The molecule has 0 saturated heterocycles. The van der Waals surface area contributed by atoms with Crippen LogP contribution in [0.1, 0.15) is 25.3 Å². The summed E-state index contributed by atoms with van der Waals surface area (Å²) in [6.07, 6.45) is 3.28. The first-order valence-electron chi connectivity index (χ1n) is 8.89. The van der Waals surface area contributed by atoms with E-state index in [4.69, 9.17) is 5.41 Å². The molecular formula is C21H17N5O. The van der Waals surface area contributed by atoms with Gasteiger partial charge in [-0.15, -0.1) is 0 Å². The van der Waals surface area contributed by atoms with Gasteiger partial charge in [-0.3, -0.25) is 4.79 Å². The zero-order chi connectivity index (χ0) is 19.4. The van der Waals surface area contributed by atoms with E-state index in [0.29, 0.717) is 23.2 Å². The lowest BCUT2D eigenvalue weighted by atomic mass is 9.44. The third-order valence-electron chi connectivity index (χ3n) is 6.36. The Balaban J connectivity index is 2.14. The van der Waals surface area contributed by atoms with Crippen molar-refractivity contribution in [2.75, 3.05) is 5.32 Å². The fraction of sp³-hybridized carbons (Fsp3) is 0.381. The first-order chi connectivity index (χ1) is 13.0. The second-order valence-corrected chi connectivity index (χ2v) is 7.59. The van der Waals surface area contributed by atoms with Crippen LogP contribution in [-0.4, -0.2) is 11.6 Å². The van der Waals surface area contributed by atoms with Crippen LogP contribution in [0.4, 0.5) is 5.69 Å². The maximum atomic E-state index is 13.4. The Hall–Kier alpha value is -3.43. The number of nitrogens with one attached hydrogen (secondary N) is 2. The summed E-state index contributed by atoms with van der Waals surface area (Å²) in [6, 6.07) is 13.2. The van der Waals surface area contributed by atoms with Crippen molar-refractivity contribution in [1.29, 1.82) is 21.2 Å². The average molecular weight is 355 g/mol. The summed E-state index contributed by atoms with van der Waals surface area (Å²) in [6.45, 7) is 2.06. The van der Waals surface area contributed by atoms with E-state index in [2.05, 4.69) is 18.3 Å². The lowest BCUT2D eigenvalue weighted by Crippen LogP contribution is -2.64. The number of anilines is 1. The molecule has 2 aliphatic carbocycles. The summed E-state index contributed by atoms with van der Waals surface area (Å²) in [5, 5.41) is 41.5. The summed E-state index contributed by atoms with van der Waals surface area (Å²) in [5.74, 6) is -1.60. The predicted molar refractivity (Wildman–Crippen MR) is 97.2 cm³/mol. The van der Waals surface area contributed by atoms with E-state index in [9.17, 15) is 20.6 Å². The zero-order valence-electron chi connectivity index (χ0n) is 14.8. The maximum absolute atomic E-state index is 13.4. The maximum Gasteiger partial charge on any atom is 0.238 e. The highest BCUT2D eigenvalue weighted by Gasteiger charge is 2.72. The molecular weight excluding hydrogens is 338 g/mol. The van der Waals surface area contributed by atoms with Gasteiger partial charge in [-0.1, -0.05) is 31.2 Å². The number of nitrogens with zero attached hydrogens (tertiary/aromatic N) is 3. The van der Waals surface area contributed by atoms with Gasteiger partial charge in [0.05, 0.1) is 23.9 Å². The van der Waals surface area contributed by atoms with Crippen molar-refractivity contribution in [3.8, 4) is 18.2 Å². The normalized spacial score (nSPS) is 33.0. The Kier molecular flexibility index (Phi) is 3.48. The van der Waals surface area contributed by atoms with Gasteiger partial charge in [-0.05, 0) is 36.0 Å². The summed E-state index contributed by atoms with van der Waals surface area (Å²) in [4.78, 5) is 13.4. The second kappa shape index (κ2) is 5.53. The Bertz CT molecular complexity index is 1020. The Morgan fingerprint density at radius 2 is 1.93 bits per heavy atom. The van der Waals surface area contributed by atoms with Gasteiger partial charge in [0, 0.05) is 11.6 Å². The lowest BCUT2D eigenvalue weighted by Gasteiger charge is -2.52. The SMILES string of the molecule is C[C@H]1CC=C2C(C#N)C(=N)C(C#N)(C#N)[C@@]3(C(=O)Nc4ccccc43)[C@@H]2C1. The number of benzene rings is 1. The predicted octanol–water partition coefficient (Wildman–Crippen LogP) is 3.06.